The highest BCUT2D eigenvalue weighted by molar-refractivity contribution is 5.95. The van der Waals surface area contributed by atoms with E-state index in [1.807, 2.05) is 43.4 Å². The summed E-state index contributed by atoms with van der Waals surface area (Å²) in [6.07, 6.45) is 3.87. The zero-order valence-electron chi connectivity index (χ0n) is 15.1. The van der Waals surface area contributed by atoms with E-state index in [0.717, 1.165) is 31.6 Å². The second kappa shape index (κ2) is 7.66. The highest BCUT2D eigenvalue weighted by Crippen LogP contribution is 2.32. The highest BCUT2D eigenvalue weighted by Gasteiger charge is 2.31. The number of carbonyl (C=O) groups excluding carboxylic acids is 1. The summed E-state index contributed by atoms with van der Waals surface area (Å²) in [7, 11) is 5.69. The van der Waals surface area contributed by atoms with Gasteiger partial charge in [-0.1, -0.05) is 12.1 Å². The number of carbonyl (C=O) groups is 1. The number of aromatic nitrogens is 1. The van der Waals surface area contributed by atoms with Crippen molar-refractivity contribution in [3.63, 3.8) is 0 Å². The van der Waals surface area contributed by atoms with Crippen LogP contribution in [0.2, 0.25) is 0 Å². The number of hydrogen-bond donors (Lipinski definition) is 0. The number of rotatable bonds is 5. The number of methoxy groups -OCH3 is 1. The van der Waals surface area contributed by atoms with Gasteiger partial charge >= 0.3 is 0 Å². The Labute approximate surface area is 149 Å². The molecule has 1 fully saturated rings. The molecule has 0 bridgehead atoms. The Balaban J connectivity index is 1.78. The molecule has 5 heteroatoms. The van der Waals surface area contributed by atoms with E-state index in [0.29, 0.717) is 11.3 Å². The van der Waals surface area contributed by atoms with Gasteiger partial charge in [-0.05, 0) is 56.8 Å². The number of nitrogens with zero attached hydrogens (tertiary/aromatic N) is 3. The topological polar surface area (TPSA) is 45.7 Å². The number of amides is 1. The maximum atomic E-state index is 12.9. The van der Waals surface area contributed by atoms with Gasteiger partial charge < -0.3 is 14.5 Å². The van der Waals surface area contributed by atoms with Crippen molar-refractivity contribution in [3.8, 4) is 5.75 Å². The first-order valence-electron chi connectivity index (χ1n) is 8.63. The first-order chi connectivity index (χ1) is 12.1. The van der Waals surface area contributed by atoms with Crippen LogP contribution in [0.3, 0.4) is 0 Å². The fourth-order valence-corrected chi connectivity index (χ4v) is 3.33. The van der Waals surface area contributed by atoms with E-state index in [1.165, 1.54) is 5.56 Å². The van der Waals surface area contributed by atoms with Gasteiger partial charge in [0.2, 0.25) is 0 Å². The molecule has 1 aromatic carbocycles. The standard InChI is InChI=1S/C20H25N3O2/c1-22(2)14-15-9-10-18(21-13-15)19-8-5-11-23(19)20(24)16-6-4-7-17(12-16)25-3/h4,6-7,9-10,12-13,19H,5,8,11,14H2,1-3H3. The van der Waals surface area contributed by atoms with Crippen LogP contribution in [0.1, 0.15) is 40.5 Å². The van der Waals surface area contributed by atoms with E-state index >= 15 is 0 Å². The van der Waals surface area contributed by atoms with Crippen molar-refractivity contribution >= 4 is 5.91 Å². The second-order valence-electron chi connectivity index (χ2n) is 6.72. The van der Waals surface area contributed by atoms with Crippen molar-refractivity contribution < 1.29 is 9.53 Å². The zero-order chi connectivity index (χ0) is 17.8. The monoisotopic (exact) mass is 339 g/mol. The molecule has 2 aromatic rings. The smallest absolute Gasteiger partial charge is 0.254 e. The maximum absolute atomic E-state index is 12.9. The Bertz CT molecular complexity index is 728. The molecule has 1 aliphatic rings. The molecule has 0 spiro atoms. The normalized spacial score (nSPS) is 17.1. The van der Waals surface area contributed by atoms with Gasteiger partial charge in [0.05, 0.1) is 18.8 Å². The average Bonchev–Trinajstić information content (AvgIpc) is 3.11. The van der Waals surface area contributed by atoms with Gasteiger partial charge in [0, 0.05) is 24.8 Å². The third-order valence-electron chi connectivity index (χ3n) is 4.52. The van der Waals surface area contributed by atoms with Gasteiger partial charge in [-0.15, -0.1) is 0 Å². The second-order valence-corrected chi connectivity index (χ2v) is 6.72. The first kappa shape index (κ1) is 17.4. The van der Waals surface area contributed by atoms with E-state index in [4.69, 9.17) is 4.74 Å². The van der Waals surface area contributed by atoms with Gasteiger partial charge in [-0.2, -0.15) is 0 Å². The van der Waals surface area contributed by atoms with E-state index in [9.17, 15) is 4.79 Å². The van der Waals surface area contributed by atoms with Crippen molar-refractivity contribution in [2.24, 2.45) is 0 Å². The molecule has 1 aromatic heterocycles. The predicted octanol–water partition coefficient (Wildman–Crippen LogP) is 3.13. The minimum atomic E-state index is 0.0422. The summed E-state index contributed by atoms with van der Waals surface area (Å²) >= 11 is 0. The van der Waals surface area contributed by atoms with Crippen LogP contribution in [0.5, 0.6) is 5.75 Å². The maximum Gasteiger partial charge on any atom is 0.254 e. The molecule has 2 heterocycles. The van der Waals surface area contributed by atoms with Gasteiger partial charge in [-0.25, -0.2) is 0 Å². The third kappa shape index (κ3) is 3.99. The van der Waals surface area contributed by atoms with Gasteiger partial charge in [-0.3, -0.25) is 9.78 Å². The summed E-state index contributed by atoms with van der Waals surface area (Å²) in [5.41, 5.74) is 2.81. The molecule has 1 aliphatic heterocycles. The van der Waals surface area contributed by atoms with Crippen LogP contribution in [0.15, 0.2) is 42.6 Å². The summed E-state index contributed by atoms with van der Waals surface area (Å²) in [5.74, 6) is 0.744. The molecule has 132 valence electrons. The van der Waals surface area contributed by atoms with Crippen LogP contribution < -0.4 is 4.74 Å². The van der Waals surface area contributed by atoms with Crippen molar-refractivity contribution in [1.29, 1.82) is 0 Å². The number of ether oxygens (including phenoxy) is 1. The lowest BCUT2D eigenvalue weighted by Crippen LogP contribution is -2.31. The average molecular weight is 339 g/mol. The Kier molecular flexibility index (Phi) is 5.34. The van der Waals surface area contributed by atoms with E-state index in [-0.39, 0.29) is 11.9 Å². The summed E-state index contributed by atoms with van der Waals surface area (Å²) in [6.45, 7) is 1.63. The fraction of sp³-hybridized carbons (Fsp3) is 0.400. The first-order valence-corrected chi connectivity index (χ1v) is 8.63. The lowest BCUT2D eigenvalue weighted by atomic mass is 10.1. The largest absolute Gasteiger partial charge is 0.497 e. The zero-order valence-corrected chi connectivity index (χ0v) is 15.1. The quantitative estimate of drug-likeness (QED) is 0.840. The Morgan fingerprint density at radius 2 is 2.16 bits per heavy atom. The fourth-order valence-electron chi connectivity index (χ4n) is 3.33. The van der Waals surface area contributed by atoms with Gasteiger partial charge in [0.25, 0.3) is 5.91 Å². The molecule has 1 unspecified atom stereocenters. The molecule has 0 radical (unpaired) electrons. The van der Waals surface area contributed by atoms with Crippen LogP contribution in [-0.2, 0) is 6.54 Å². The minimum absolute atomic E-state index is 0.0422. The molecule has 3 rings (SSSR count). The van der Waals surface area contributed by atoms with Crippen LogP contribution in [0.4, 0.5) is 0 Å². The van der Waals surface area contributed by atoms with Crippen LogP contribution in [0.25, 0.3) is 0 Å². The van der Waals surface area contributed by atoms with Crippen molar-refractivity contribution in [2.75, 3.05) is 27.7 Å². The summed E-state index contributed by atoms with van der Waals surface area (Å²) < 4.78 is 5.24. The lowest BCUT2D eigenvalue weighted by Gasteiger charge is -2.25. The Hall–Kier alpha value is -2.40. The van der Waals surface area contributed by atoms with Crippen LogP contribution in [-0.4, -0.2) is 48.4 Å². The molecule has 25 heavy (non-hydrogen) atoms. The van der Waals surface area contributed by atoms with E-state index in [1.54, 1.807) is 13.2 Å². The van der Waals surface area contributed by atoms with Gasteiger partial charge in [0.15, 0.2) is 0 Å². The number of pyridine rings is 1. The summed E-state index contributed by atoms with van der Waals surface area (Å²) in [6, 6.07) is 11.6. The number of hydrogen-bond acceptors (Lipinski definition) is 4. The minimum Gasteiger partial charge on any atom is -0.497 e. The molecule has 1 atom stereocenters. The molecule has 0 saturated carbocycles. The SMILES string of the molecule is COc1cccc(C(=O)N2CCCC2c2ccc(CN(C)C)cn2)c1. The Morgan fingerprint density at radius 1 is 1.32 bits per heavy atom. The molecular formula is C20H25N3O2. The Morgan fingerprint density at radius 3 is 2.84 bits per heavy atom. The molecule has 1 amide bonds. The highest BCUT2D eigenvalue weighted by atomic mass is 16.5. The van der Waals surface area contributed by atoms with E-state index < -0.39 is 0 Å². The predicted molar refractivity (Wildman–Crippen MR) is 97.6 cm³/mol. The molecule has 5 nitrogen and oxygen atoms in total. The lowest BCUT2D eigenvalue weighted by molar-refractivity contribution is 0.0732. The third-order valence-corrected chi connectivity index (χ3v) is 4.52. The number of likely N-dealkylation sites (tertiary alicyclic amines) is 1. The molecular weight excluding hydrogens is 314 g/mol. The molecule has 1 saturated heterocycles. The summed E-state index contributed by atoms with van der Waals surface area (Å²) in [5, 5.41) is 0. The van der Waals surface area contributed by atoms with Crippen molar-refractivity contribution in [3.05, 3.63) is 59.4 Å². The van der Waals surface area contributed by atoms with Crippen molar-refractivity contribution in [1.82, 2.24) is 14.8 Å². The van der Waals surface area contributed by atoms with Crippen molar-refractivity contribution in [2.45, 2.75) is 25.4 Å². The van der Waals surface area contributed by atoms with E-state index in [2.05, 4.69) is 22.0 Å². The van der Waals surface area contributed by atoms with Crippen LogP contribution in [0, 0.1) is 0 Å². The molecule has 0 aliphatic carbocycles. The van der Waals surface area contributed by atoms with Crippen LogP contribution >= 0.6 is 0 Å². The molecule has 0 N–H and O–H groups in total. The summed E-state index contributed by atoms with van der Waals surface area (Å²) in [4.78, 5) is 21.6. The number of benzene rings is 1. The van der Waals surface area contributed by atoms with Gasteiger partial charge in [0.1, 0.15) is 5.75 Å².